The van der Waals surface area contributed by atoms with Gasteiger partial charge in [0.05, 0.1) is 28.5 Å². The smallest absolute Gasteiger partial charge is 0.300 e. The van der Waals surface area contributed by atoms with E-state index in [1.54, 1.807) is 30.2 Å². The highest BCUT2D eigenvalue weighted by Gasteiger charge is 2.33. The first-order valence-electron chi connectivity index (χ1n) is 6.57. The van der Waals surface area contributed by atoms with Crippen LogP contribution in [-0.2, 0) is 6.54 Å². The topological polar surface area (TPSA) is 47.4 Å². The standard InChI is InChI=1S/C15H13BrCl2N2O2/c1-22-8-5-10(16)9-7-19-15(21)20(13(9)6-8)14-11(17)3-2-4-12(14)18/h2-6,15,19,21H,7H2,1H3/p+1. The van der Waals surface area contributed by atoms with Crippen LogP contribution in [0, 0.1) is 0 Å². The van der Waals surface area contributed by atoms with Gasteiger partial charge in [0.15, 0.2) is 0 Å². The molecule has 0 saturated heterocycles. The van der Waals surface area contributed by atoms with Crippen molar-refractivity contribution in [2.75, 3.05) is 12.0 Å². The fourth-order valence-corrected chi connectivity index (χ4v) is 3.65. The third-order valence-corrected chi connectivity index (χ3v) is 4.87. The number of nitrogens with zero attached hydrogens (tertiary/aromatic N) is 1. The summed E-state index contributed by atoms with van der Waals surface area (Å²) in [5, 5.41) is 12.5. The Morgan fingerprint density at radius 1 is 1.32 bits per heavy atom. The second-order valence-corrected chi connectivity index (χ2v) is 6.50. The number of para-hydroxylation sites is 1. The molecule has 1 aliphatic rings. The van der Waals surface area contributed by atoms with Crippen LogP contribution in [0.1, 0.15) is 5.56 Å². The van der Waals surface area contributed by atoms with Crippen molar-refractivity contribution in [2.45, 2.75) is 12.9 Å². The van der Waals surface area contributed by atoms with Crippen LogP contribution in [-0.4, -0.2) is 18.6 Å². The van der Waals surface area contributed by atoms with Crippen molar-refractivity contribution in [3.05, 3.63) is 50.4 Å². The molecular weight excluding hydrogens is 391 g/mol. The fourth-order valence-electron chi connectivity index (χ4n) is 2.50. The van der Waals surface area contributed by atoms with E-state index in [0.29, 0.717) is 28.0 Å². The van der Waals surface area contributed by atoms with Gasteiger partial charge in [-0.15, -0.1) is 0 Å². The SMILES string of the molecule is COc1cc(Br)c2c(c1)N(c1c(Cl)cccc1Cl)C([OH2+])NC2. The normalized spacial score (nSPS) is 17.3. The Morgan fingerprint density at radius 2 is 2.00 bits per heavy atom. The number of fused-ring (bicyclic) bond motifs is 1. The van der Waals surface area contributed by atoms with Gasteiger partial charge in [-0.05, 0) is 18.2 Å². The lowest BCUT2D eigenvalue weighted by atomic mass is 10.1. The largest absolute Gasteiger partial charge is 0.497 e. The monoisotopic (exact) mass is 403 g/mol. The van der Waals surface area contributed by atoms with Crippen molar-refractivity contribution in [1.82, 2.24) is 5.32 Å². The Kier molecular flexibility index (Phi) is 4.52. The van der Waals surface area contributed by atoms with Crippen LogP contribution in [0.15, 0.2) is 34.8 Å². The molecule has 0 saturated carbocycles. The maximum absolute atomic E-state index is 8.33. The van der Waals surface area contributed by atoms with Gasteiger partial charge in [0.2, 0.25) is 0 Å². The van der Waals surface area contributed by atoms with Gasteiger partial charge < -0.3 is 9.84 Å². The Balaban J connectivity index is 2.24. The van der Waals surface area contributed by atoms with Crippen LogP contribution in [0.3, 0.4) is 0 Å². The summed E-state index contributed by atoms with van der Waals surface area (Å²) in [7, 11) is 1.61. The zero-order valence-electron chi connectivity index (χ0n) is 11.7. The van der Waals surface area contributed by atoms with Gasteiger partial charge in [0.25, 0.3) is 6.35 Å². The van der Waals surface area contributed by atoms with Gasteiger partial charge >= 0.3 is 0 Å². The highest BCUT2D eigenvalue weighted by atomic mass is 79.9. The number of benzene rings is 2. The fraction of sp³-hybridized carbons (Fsp3) is 0.200. The molecule has 1 unspecified atom stereocenters. The summed E-state index contributed by atoms with van der Waals surface area (Å²) in [6.45, 7) is 0.576. The number of halogens is 3. The van der Waals surface area contributed by atoms with E-state index in [4.69, 9.17) is 33.0 Å². The molecule has 0 bridgehead atoms. The molecule has 0 spiro atoms. The molecule has 22 heavy (non-hydrogen) atoms. The minimum atomic E-state index is -0.691. The molecule has 1 heterocycles. The number of anilines is 2. The summed E-state index contributed by atoms with van der Waals surface area (Å²) in [6.07, 6.45) is -0.691. The van der Waals surface area contributed by atoms with Crippen LogP contribution < -0.4 is 15.0 Å². The Hall–Kier alpha value is -0.980. The van der Waals surface area contributed by atoms with Gasteiger partial charge in [0.1, 0.15) is 5.75 Å². The van der Waals surface area contributed by atoms with E-state index in [0.717, 1.165) is 15.7 Å². The summed E-state index contributed by atoms with van der Waals surface area (Å²) < 4.78 is 6.25. The Bertz CT molecular complexity index is 707. The minimum absolute atomic E-state index is 0.498. The second-order valence-electron chi connectivity index (χ2n) is 4.83. The lowest BCUT2D eigenvalue weighted by Crippen LogP contribution is -2.47. The van der Waals surface area contributed by atoms with Crippen molar-refractivity contribution in [3.63, 3.8) is 0 Å². The lowest BCUT2D eigenvalue weighted by Gasteiger charge is -2.35. The van der Waals surface area contributed by atoms with Crippen LogP contribution in [0.5, 0.6) is 5.75 Å². The third kappa shape index (κ3) is 2.68. The maximum atomic E-state index is 8.33. The lowest BCUT2D eigenvalue weighted by molar-refractivity contribution is 0.135. The highest BCUT2D eigenvalue weighted by molar-refractivity contribution is 9.10. The van der Waals surface area contributed by atoms with Crippen LogP contribution in [0.2, 0.25) is 10.0 Å². The molecule has 0 radical (unpaired) electrons. The summed E-state index contributed by atoms with van der Waals surface area (Å²) >= 11 is 16.2. The first kappa shape index (κ1) is 15.9. The highest BCUT2D eigenvalue weighted by Crippen LogP contribution is 2.44. The molecule has 116 valence electrons. The quantitative estimate of drug-likeness (QED) is 0.769. The van der Waals surface area contributed by atoms with E-state index in [1.807, 2.05) is 12.1 Å². The minimum Gasteiger partial charge on any atom is -0.497 e. The summed E-state index contributed by atoms with van der Waals surface area (Å²) in [5.41, 5.74) is 2.49. The molecule has 0 aromatic heterocycles. The van der Waals surface area contributed by atoms with Crippen molar-refractivity contribution < 1.29 is 9.84 Å². The number of hydrogen-bond acceptors (Lipinski definition) is 3. The molecule has 3 N–H and O–H groups in total. The van der Waals surface area contributed by atoms with E-state index in [9.17, 15) is 0 Å². The van der Waals surface area contributed by atoms with Crippen molar-refractivity contribution in [3.8, 4) is 5.75 Å². The molecule has 3 rings (SSSR count). The van der Waals surface area contributed by atoms with Crippen LogP contribution in [0.4, 0.5) is 11.4 Å². The van der Waals surface area contributed by atoms with E-state index in [2.05, 4.69) is 21.2 Å². The average Bonchev–Trinajstić information content (AvgIpc) is 2.48. The number of nitrogens with one attached hydrogen (secondary N) is 1. The predicted molar refractivity (Wildman–Crippen MR) is 93.5 cm³/mol. The van der Waals surface area contributed by atoms with Gasteiger partial charge in [-0.1, -0.05) is 45.2 Å². The first-order chi connectivity index (χ1) is 10.5. The van der Waals surface area contributed by atoms with Gasteiger partial charge in [0, 0.05) is 22.6 Å². The Morgan fingerprint density at radius 3 is 2.64 bits per heavy atom. The number of methoxy groups -OCH3 is 1. The molecule has 1 atom stereocenters. The van der Waals surface area contributed by atoms with Crippen molar-refractivity contribution >= 4 is 50.5 Å². The predicted octanol–water partition coefficient (Wildman–Crippen LogP) is 4.01. The average molecular weight is 405 g/mol. The van der Waals surface area contributed by atoms with Crippen molar-refractivity contribution in [2.24, 2.45) is 0 Å². The van der Waals surface area contributed by atoms with Gasteiger partial charge in [-0.25, -0.2) is 5.32 Å². The molecular formula is C15H14BrCl2N2O2+. The number of hydrogen-bond donors (Lipinski definition) is 1. The third-order valence-electron chi connectivity index (χ3n) is 3.55. The van der Waals surface area contributed by atoms with E-state index in [1.165, 1.54) is 0 Å². The van der Waals surface area contributed by atoms with E-state index < -0.39 is 6.35 Å². The van der Waals surface area contributed by atoms with Gasteiger partial charge in [-0.2, -0.15) is 0 Å². The number of rotatable bonds is 2. The number of ether oxygens (including phenoxy) is 1. The van der Waals surface area contributed by atoms with Gasteiger partial charge in [-0.3, -0.25) is 4.90 Å². The first-order valence-corrected chi connectivity index (χ1v) is 8.12. The Labute approximate surface area is 146 Å². The molecule has 2 aromatic carbocycles. The zero-order chi connectivity index (χ0) is 15.9. The molecule has 1 aliphatic heterocycles. The summed E-state index contributed by atoms with van der Waals surface area (Å²) in [5.74, 6) is 0.702. The molecule has 0 fully saturated rings. The van der Waals surface area contributed by atoms with E-state index in [-0.39, 0.29) is 0 Å². The molecule has 7 heteroatoms. The summed E-state index contributed by atoms with van der Waals surface area (Å²) in [4.78, 5) is 1.77. The van der Waals surface area contributed by atoms with E-state index >= 15 is 0 Å². The molecule has 2 aromatic rings. The summed E-state index contributed by atoms with van der Waals surface area (Å²) in [6, 6.07) is 9.10. The molecule has 4 nitrogen and oxygen atoms in total. The van der Waals surface area contributed by atoms with Crippen LogP contribution >= 0.6 is 39.1 Å². The molecule has 0 aliphatic carbocycles. The molecule has 0 amide bonds. The maximum Gasteiger partial charge on any atom is 0.300 e. The van der Waals surface area contributed by atoms with Crippen molar-refractivity contribution in [1.29, 1.82) is 0 Å². The van der Waals surface area contributed by atoms with Crippen LogP contribution in [0.25, 0.3) is 0 Å². The second kappa shape index (κ2) is 6.26. The zero-order valence-corrected chi connectivity index (χ0v) is 14.8.